The highest BCUT2D eigenvalue weighted by Gasteiger charge is 2.37. The molecule has 0 fully saturated rings. The van der Waals surface area contributed by atoms with Crippen molar-refractivity contribution in [1.82, 2.24) is 15.0 Å². The van der Waals surface area contributed by atoms with Gasteiger partial charge in [0.1, 0.15) is 18.4 Å². The zero-order chi connectivity index (χ0) is 15.6. The van der Waals surface area contributed by atoms with Crippen LogP contribution in [0, 0.1) is 0 Å². The third-order valence-electron chi connectivity index (χ3n) is 2.25. The number of nitrogens with one attached hydrogen (secondary N) is 2. The number of aromatic nitrogens is 3. The standard InChI is InChI=1S/C9H11F6N5/c1-4(8(10,11)12)18-6-16-3-17-7(20-6)19-5(2)9(13,14)15/h3-5H,1-2H3,(H2,16,17,18,19,20)/t4-,5-/m1/s1. The maximum absolute atomic E-state index is 12.3. The molecule has 0 spiro atoms. The van der Waals surface area contributed by atoms with Crippen LogP contribution in [0.4, 0.5) is 38.2 Å². The zero-order valence-electron chi connectivity index (χ0n) is 10.3. The second kappa shape index (κ2) is 5.67. The number of rotatable bonds is 4. The van der Waals surface area contributed by atoms with Crippen molar-refractivity contribution in [2.24, 2.45) is 0 Å². The van der Waals surface area contributed by atoms with Gasteiger partial charge in [-0.05, 0) is 13.8 Å². The Hall–Kier alpha value is -1.81. The van der Waals surface area contributed by atoms with Gasteiger partial charge in [-0.2, -0.15) is 31.3 Å². The Kier molecular flexibility index (Phi) is 4.61. The van der Waals surface area contributed by atoms with Crippen molar-refractivity contribution >= 4 is 11.9 Å². The first-order valence-corrected chi connectivity index (χ1v) is 5.35. The lowest BCUT2D eigenvalue weighted by atomic mass is 10.3. The number of hydrogen-bond acceptors (Lipinski definition) is 5. The van der Waals surface area contributed by atoms with E-state index in [1.165, 1.54) is 0 Å². The molecule has 1 aromatic heterocycles. The summed E-state index contributed by atoms with van der Waals surface area (Å²) in [5.41, 5.74) is 0. The Morgan fingerprint density at radius 2 is 1.20 bits per heavy atom. The average molecular weight is 303 g/mol. The van der Waals surface area contributed by atoms with Gasteiger partial charge in [0.05, 0.1) is 0 Å². The van der Waals surface area contributed by atoms with Gasteiger partial charge in [-0.25, -0.2) is 9.97 Å². The summed E-state index contributed by atoms with van der Waals surface area (Å²) < 4.78 is 73.8. The van der Waals surface area contributed by atoms with Crippen LogP contribution < -0.4 is 10.6 Å². The third-order valence-corrected chi connectivity index (χ3v) is 2.25. The summed E-state index contributed by atoms with van der Waals surface area (Å²) in [6.07, 6.45) is -8.25. The Morgan fingerprint density at radius 3 is 1.50 bits per heavy atom. The van der Waals surface area contributed by atoms with E-state index in [0.717, 1.165) is 20.2 Å². The molecule has 1 aromatic rings. The molecule has 0 unspecified atom stereocenters. The molecule has 0 aliphatic heterocycles. The van der Waals surface area contributed by atoms with Crippen LogP contribution in [-0.2, 0) is 0 Å². The molecular formula is C9H11F6N5. The van der Waals surface area contributed by atoms with E-state index in [1.54, 1.807) is 0 Å². The normalized spacial score (nSPS) is 15.6. The molecule has 2 N–H and O–H groups in total. The highest BCUT2D eigenvalue weighted by Crippen LogP contribution is 2.23. The molecular weight excluding hydrogens is 292 g/mol. The minimum Gasteiger partial charge on any atom is -0.343 e. The van der Waals surface area contributed by atoms with Gasteiger partial charge < -0.3 is 10.6 Å². The lowest BCUT2D eigenvalue weighted by molar-refractivity contribution is -0.139. The van der Waals surface area contributed by atoms with Gasteiger partial charge in [0.2, 0.25) is 11.9 Å². The molecule has 0 aliphatic rings. The maximum Gasteiger partial charge on any atom is 0.408 e. The molecule has 11 heteroatoms. The Bertz CT molecular complexity index is 408. The molecule has 0 amide bonds. The summed E-state index contributed by atoms with van der Waals surface area (Å²) in [6.45, 7) is 1.66. The molecule has 1 rings (SSSR count). The van der Waals surface area contributed by atoms with Crippen LogP contribution >= 0.6 is 0 Å². The van der Waals surface area contributed by atoms with Crippen LogP contribution in [0.1, 0.15) is 13.8 Å². The quantitative estimate of drug-likeness (QED) is 0.837. The van der Waals surface area contributed by atoms with E-state index in [9.17, 15) is 26.3 Å². The fourth-order valence-corrected chi connectivity index (χ4v) is 0.986. The van der Waals surface area contributed by atoms with E-state index in [0.29, 0.717) is 0 Å². The third kappa shape index (κ3) is 4.70. The summed E-state index contributed by atoms with van der Waals surface area (Å²) >= 11 is 0. The molecule has 5 nitrogen and oxygen atoms in total. The van der Waals surface area contributed by atoms with Crippen LogP contribution in [0.2, 0.25) is 0 Å². The van der Waals surface area contributed by atoms with Gasteiger partial charge in [-0.15, -0.1) is 0 Å². The number of halogens is 6. The van der Waals surface area contributed by atoms with Crippen molar-refractivity contribution in [1.29, 1.82) is 0 Å². The molecule has 20 heavy (non-hydrogen) atoms. The maximum atomic E-state index is 12.3. The second-order valence-electron chi connectivity index (χ2n) is 3.95. The first kappa shape index (κ1) is 16.2. The van der Waals surface area contributed by atoms with Gasteiger partial charge in [-0.1, -0.05) is 0 Å². The molecule has 114 valence electrons. The van der Waals surface area contributed by atoms with Gasteiger partial charge >= 0.3 is 12.4 Å². The molecule has 0 radical (unpaired) electrons. The van der Waals surface area contributed by atoms with Gasteiger partial charge in [0.25, 0.3) is 0 Å². The zero-order valence-corrected chi connectivity index (χ0v) is 10.3. The number of hydrogen-bond donors (Lipinski definition) is 2. The fourth-order valence-electron chi connectivity index (χ4n) is 0.986. The van der Waals surface area contributed by atoms with E-state index >= 15 is 0 Å². The molecule has 0 aliphatic carbocycles. The van der Waals surface area contributed by atoms with Crippen LogP contribution in [0.25, 0.3) is 0 Å². The van der Waals surface area contributed by atoms with Crippen LogP contribution in [0.5, 0.6) is 0 Å². The predicted molar refractivity (Wildman–Crippen MR) is 58.1 cm³/mol. The van der Waals surface area contributed by atoms with E-state index < -0.39 is 36.3 Å². The molecule has 0 bridgehead atoms. The first-order valence-electron chi connectivity index (χ1n) is 5.35. The molecule has 1 heterocycles. The first-order chi connectivity index (χ1) is 9.00. The number of nitrogens with zero attached hydrogens (tertiary/aromatic N) is 3. The summed E-state index contributed by atoms with van der Waals surface area (Å²) in [6, 6.07) is -3.89. The van der Waals surface area contributed by atoms with E-state index in [4.69, 9.17) is 0 Å². The highest BCUT2D eigenvalue weighted by atomic mass is 19.4. The number of anilines is 2. The lowest BCUT2D eigenvalue weighted by Crippen LogP contribution is -2.35. The van der Waals surface area contributed by atoms with E-state index in [1.807, 2.05) is 10.6 Å². The molecule has 0 saturated heterocycles. The van der Waals surface area contributed by atoms with Gasteiger partial charge in [-0.3, -0.25) is 0 Å². The monoisotopic (exact) mass is 303 g/mol. The van der Waals surface area contributed by atoms with Crippen LogP contribution in [-0.4, -0.2) is 39.4 Å². The average Bonchev–Trinajstić information content (AvgIpc) is 2.26. The summed E-state index contributed by atoms with van der Waals surface area (Å²) in [7, 11) is 0. The second-order valence-corrected chi connectivity index (χ2v) is 3.95. The molecule has 2 atom stereocenters. The van der Waals surface area contributed by atoms with E-state index in [-0.39, 0.29) is 0 Å². The largest absolute Gasteiger partial charge is 0.408 e. The van der Waals surface area contributed by atoms with Gasteiger partial charge in [0.15, 0.2) is 0 Å². The van der Waals surface area contributed by atoms with Crippen molar-refractivity contribution < 1.29 is 26.3 Å². The van der Waals surface area contributed by atoms with Crippen molar-refractivity contribution in [2.45, 2.75) is 38.3 Å². The fraction of sp³-hybridized carbons (Fsp3) is 0.667. The van der Waals surface area contributed by atoms with E-state index in [2.05, 4.69) is 15.0 Å². The van der Waals surface area contributed by atoms with Crippen molar-refractivity contribution in [3.8, 4) is 0 Å². The molecule has 0 aromatic carbocycles. The molecule has 0 saturated carbocycles. The Labute approximate surface area is 109 Å². The Balaban J connectivity index is 2.76. The summed E-state index contributed by atoms with van der Waals surface area (Å²) in [5.74, 6) is -0.941. The minimum atomic E-state index is -4.53. The summed E-state index contributed by atoms with van der Waals surface area (Å²) in [4.78, 5) is 10.3. The van der Waals surface area contributed by atoms with Crippen molar-refractivity contribution in [3.63, 3.8) is 0 Å². The van der Waals surface area contributed by atoms with Crippen molar-refractivity contribution in [2.75, 3.05) is 10.6 Å². The van der Waals surface area contributed by atoms with Crippen molar-refractivity contribution in [3.05, 3.63) is 6.33 Å². The minimum absolute atomic E-state index is 0.471. The Morgan fingerprint density at radius 1 is 0.850 bits per heavy atom. The smallest absolute Gasteiger partial charge is 0.343 e. The van der Waals surface area contributed by atoms with Gasteiger partial charge in [0, 0.05) is 0 Å². The summed E-state index contributed by atoms with van der Waals surface area (Å²) in [5, 5.41) is 3.85. The van der Waals surface area contributed by atoms with Crippen LogP contribution in [0.3, 0.4) is 0 Å². The SMILES string of the molecule is C[C@@H](Nc1ncnc(N[C@H](C)C(F)(F)F)n1)C(F)(F)F. The predicted octanol–water partition coefficient (Wildman–Crippen LogP) is 2.60. The topological polar surface area (TPSA) is 62.7 Å². The number of alkyl halides is 6. The van der Waals surface area contributed by atoms with Crippen LogP contribution in [0.15, 0.2) is 6.33 Å². The highest BCUT2D eigenvalue weighted by molar-refractivity contribution is 5.34. The lowest BCUT2D eigenvalue weighted by Gasteiger charge is -2.19.